The van der Waals surface area contributed by atoms with E-state index in [-0.39, 0.29) is 6.04 Å². The van der Waals surface area contributed by atoms with Gasteiger partial charge in [-0.05, 0) is 6.07 Å². The predicted octanol–water partition coefficient (Wildman–Crippen LogP) is 1.58. The van der Waals surface area contributed by atoms with Crippen molar-refractivity contribution in [3.8, 4) is 11.5 Å². The normalized spacial score (nSPS) is 18.8. The largest absolute Gasteiger partial charge is 0.497 e. The van der Waals surface area contributed by atoms with Gasteiger partial charge in [0.15, 0.2) is 0 Å². The summed E-state index contributed by atoms with van der Waals surface area (Å²) < 4.78 is 12.9. The van der Waals surface area contributed by atoms with E-state index in [1.807, 2.05) is 31.6 Å². The van der Waals surface area contributed by atoms with Crippen LogP contribution < -0.4 is 14.8 Å². The molecule has 1 atom stereocenters. The predicted molar refractivity (Wildman–Crippen MR) is 88.8 cm³/mol. The molecular weight excluding hydrogens is 292 g/mol. The van der Waals surface area contributed by atoms with Crippen LogP contribution in [0.1, 0.15) is 17.4 Å². The number of hydrogen-bond donors (Lipinski definition) is 1. The van der Waals surface area contributed by atoms with Gasteiger partial charge in [0.2, 0.25) is 0 Å². The zero-order chi connectivity index (χ0) is 16.2. The van der Waals surface area contributed by atoms with Crippen molar-refractivity contribution in [2.45, 2.75) is 12.6 Å². The Kier molecular flexibility index (Phi) is 4.83. The summed E-state index contributed by atoms with van der Waals surface area (Å²) >= 11 is 0. The van der Waals surface area contributed by atoms with Crippen molar-refractivity contribution in [3.05, 3.63) is 42.0 Å². The first kappa shape index (κ1) is 15.8. The van der Waals surface area contributed by atoms with E-state index in [1.165, 1.54) is 0 Å². The third-order valence-electron chi connectivity index (χ3n) is 4.38. The number of ether oxygens (including phenoxy) is 2. The summed E-state index contributed by atoms with van der Waals surface area (Å²) in [4.78, 5) is 6.98. The van der Waals surface area contributed by atoms with Crippen LogP contribution >= 0.6 is 0 Å². The van der Waals surface area contributed by atoms with Crippen LogP contribution in [0.5, 0.6) is 11.5 Å². The van der Waals surface area contributed by atoms with E-state index in [9.17, 15) is 0 Å². The van der Waals surface area contributed by atoms with Crippen LogP contribution in [0.4, 0.5) is 0 Å². The number of benzene rings is 1. The van der Waals surface area contributed by atoms with Crippen LogP contribution in [0.3, 0.4) is 0 Å². The maximum Gasteiger partial charge on any atom is 0.127 e. The Morgan fingerprint density at radius 3 is 2.87 bits per heavy atom. The summed E-state index contributed by atoms with van der Waals surface area (Å²) in [6.07, 6.45) is 3.85. The monoisotopic (exact) mass is 316 g/mol. The van der Waals surface area contributed by atoms with Gasteiger partial charge in [-0.15, -0.1) is 0 Å². The SMILES string of the molecule is COc1ccc(CN2CCNCC2c2nccn2C)c(OC)c1. The van der Waals surface area contributed by atoms with Gasteiger partial charge in [-0.1, -0.05) is 6.07 Å². The molecule has 23 heavy (non-hydrogen) atoms. The number of nitrogens with one attached hydrogen (secondary N) is 1. The topological polar surface area (TPSA) is 51.5 Å². The Bertz CT molecular complexity index is 656. The summed E-state index contributed by atoms with van der Waals surface area (Å²) in [6.45, 7) is 3.70. The lowest BCUT2D eigenvalue weighted by molar-refractivity contribution is 0.143. The number of rotatable bonds is 5. The maximum absolute atomic E-state index is 5.54. The minimum Gasteiger partial charge on any atom is -0.497 e. The molecular formula is C17H24N4O2. The molecule has 3 rings (SSSR count). The molecule has 0 spiro atoms. The minimum atomic E-state index is 0.260. The summed E-state index contributed by atoms with van der Waals surface area (Å²) in [5, 5.41) is 3.47. The van der Waals surface area contributed by atoms with E-state index >= 15 is 0 Å². The molecule has 1 fully saturated rings. The van der Waals surface area contributed by atoms with Crippen LogP contribution in [-0.2, 0) is 13.6 Å². The highest BCUT2D eigenvalue weighted by Gasteiger charge is 2.27. The standard InChI is InChI=1S/C17H24N4O2/c1-20-8-7-19-17(20)15-11-18-6-9-21(15)12-13-4-5-14(22-2)10-16(13)23-3/h4-5,7-8,10,15,18H,6,9,11-12H2,1-3H3. The number of methoxy groups -OCH3 is 2. The molecule has 2 aromatic rings. The molecule has 0 amide bonds. The number of aromatic nitrogens is 2. The quantitative estimate of drug-likeness (QED) is 0.908. The molecule has 0 radical (unpaired) electrons. The van der Waals surface area contributed by atoms with Crippen molar-refractivity contribution < 1.29 is 9.47 Å². The number of nitrogens with zero attached hydrogens (tertiary/aromatic N) is 3. The van der Waals surface area contributed by atoms with Gasteiger partial charge in [0, 0.05) is 57.3 Å². The molecule has 1 aromatic heterocycles. The molecule has 0 bridgehead atoms. The summed E-state index contributed by atoms with van der Waals surface area (Å²) in [7, 11) is 5.41. The van der Waals surface area contributed by atoms with E-state index in [1.54, 1.807) is 14.2 Å². The summed E-state index contributed by atoms with van der Waals surface area (Å²) in [5.41, 5.74) is 1.16. The van der Waals surface area contributed by atoms with Crippen molar-refractivity contribution in [2.75, 3.05) is 33.9 Å². The second-order valence-electron chi connectivity index (χ2n) is 5.76. The molecule has 6 heteroatoms. The summed E-state index contributed by atoms with van der Waals surface area (Å²) in [5.74, 6) is 2.76. The first-order valence-electron chi connectivity index (χ1n) is 7.86. The van der Waals surface area contributed by atoms with Crippen LogP contribution in [0.2, 0.25) is 0 Å². The zero-order valence-electron chi connectivity index (χ0n) is 14.0. The molecule has 124 valence electrons. The molecule has 1 aliphatic rings. The number of piperazine rings is 1. The van der Waals surface area contributed by atoms with Gasteiger partial charge in [0.05, 0.1) is 20.3 Å². The molecule has 2 heterocycles. The second-order valence-corrected chi connectivity index (χ2v) is 5.76. The lowest BCUT2D eigenvalue weighted by atomic mass is 10.1. The van der Waals surface area contributed by atoms with Gasteiger partial charge in [-0.25, -0.2) is 4.98 Å². The van der Waals surface area contributed by atoms with Crippen molar-refractivity contribution in [3.63, 3.8) is 0 Å². The third kappa shape index (κ3) is 3.33. The van der Waals surface area contributed by atoms with E-state index in [2.05, 4.69) is 25.8 Å². The molecule has 1 saturated heterocycles. The van der Waals surface area contributed by atoms with Gasteiger partial charge in [0.25, 0.3) is 0 Å². The second kappa shape index (κ2) is 7.02. The highest BCUT2D eigenvalue weighted by molar-refractivity contribution is 5.40. The molecule has 6 nitrogen and oxygen atoms in total. The van der Waals surface area contributed by atoms with Gasteiger partial charge < -0.3 is 19.4 Å². The molecule has 1 unspecified atom stereocenters. The van der Waals surface area contributed by atoms with Crippen LogP contribution in [0, 0.1) is 0 Å². The Morgan fingerprint density at radius 2 is 2.17 bits per heavy atom. The molecule has 1 aromatic carbocycles. The zero-order valence-corrected chi connectivity index (χ0v) is 14.0. The fourth-order valence-corrected chi connectivity index (χ4v) is 3.09. The molecule has 1 N–H and O–H groups in total. The van der Waals surface area contributed by atoms with Gasteiger partial charge >= 0.3 is 0 Å². The first-order chi connectivity index (χ1) is 11.2. The number of aryl methyl sites for hydroxylation is 1. The highest BCUT2D eigenvalue weighted by Crippen LogP contribution is 2.29. The Morgan fingerprint density at radius 1 is 1.30 bits per heavy atom. The highest BCUT2D eigenvalue weighted by atomic mass is 16.5. The van der Waals surface area contributed by atoms with Gasteiger partial charge in [0.1, 0.15) is 17.3 Å². The average molecular weight is 316 g/mol. The lowest BCUT2D eigenvalue weighted by Crippen LogP contribution is -2.46. The number of imidazole rings is 1. The minimum absolute atomic E-state index is 0.260. The van der Waals surface area contributed by atoms with Crippen molar-refractivity contribution in [2.24, 2.45) is 7.05 Å². The molecule has 0 aliphatic carbocycles. The molecule has 0 saturated carbocycles. The third-order valence-corrected chi connectivity index (χ3v) is 4.38. The van der Waals surface area contributed by atoms with Crippen molar-refractivity contribution >= 4 is 0 Å². The van der Waals surface area contributed by atoms with E-state index in [4.69, 9.17) is 9.47 Å². The van der Waals surface area contributed by atoms with Crippen LogP contribution in [0.15, 0.2) is 30.6 Å². The van der Waals surface area contributed by atoms with Crippen molar-refractivity contribution in [1.82, 2.24) is 19.8 Å². The van der Waals surface area contributed by atoms with Crippen LogP contribution in [-0.4, -0.2) is 48.3 Å². The van der Waals surface area contributed by atoms with E-state index in [0.29, 0.717) is 0 Å². The fourth-order valence-electron chi connectivity index (χ4n) is 3.09. The van der Waals surface area contributed by atoms with E-state index < -0.39 is 0 Å². The first-order valence-corrected chi connectivity index (χ1v) is 7.86. The smallest absolute Gasteiger partial charge is 0.127 e. The summed E-state index contributed by atoms with van der Waals surface area (Å²) in [6, 6.07) is 6.26. The Hall–Kier alpha value is -2.05. The van der Waals surface area contributed by atoms with Crippen molar-refractivity contribution in [1.29, 1.82) is 0 Å². The van der Waals surface area contributed by atoms with E-state index in [0.717, 1.165) is 49.1 Å². The Balaban J connectivity index is 1.84. The average Bonchev–Trinajstić information content (AvgIpc) is 3.01. The molecule has 1 aliphatic heterocycles. The fraction of sp³-hybridized carbons (Fsp3) is 0.471. The Labute approximate surface area is 137 Å². The number of hydrogen-bond acceptors (Lipinski definition) is 5. The lowest BCUT2D eigenvalue weighted by Gasteiger charge is -2.36. The van der Waals surface area contributed by atoms with Gasteiger partial charge in [-0.2, -0.15) is 0 Å². The van der Waals surface area contributed by atoms with Gasteiger partial charge in [-0.3, -0.25) is 4.90 Å². The maximum atomic E-state index is 5.54. The van der Waals surface area contributed by atoms with Crippen LogP contribution in [0.25, 0.3) is 0 Å².